The monoisotopic (exact) mass is 320 g/mol. The molecule has 0 saturated heterocycles. The predicted molar refractivity (Wildman–Crippen MR) is 90.2 cm³/mol. The molecule has 23 heavy (non-hydrogen) atoms. The highest BCUT2D eigenvalue weighted by molar-refractivity contribution is 6.26. The maximum Gasteiger partial charge on any atom is 0.342 e. The first-order chi connectivity index (χ1) is 10.7. The molecule has 1 aliphatic carbocycles. The Bertz CT molecular complexity index is 551. The molecule has 128 valence electrons. The highest BCUT2D eigenvalue weighted by Gasteiger charge is 2.47. The minimum atomic E-state index is -0.772. The molecule has 0 aromatic carbocycles. The maximum atomic E-state index is 12.5. The van der Waals surface area contributed by atoms with E-state index < -0.39 is 17.1 Å². The fourth-order valence-corrected chi connectivity index (χ4v) is 3.30. The van der Waals surface area contributed by atoms with Gasteiger partial charge in [0.05, 0.1) is 5.57 Å². The van der Waals surface area contributed by atoms with Crippen LogP contribution in [-0.2, 0) is 14.3 Å². The van der Waals surface area contributed by atoms with E-state index in [0.717, 1.165) is 25.7 Å². The molecule has 5 nitrogen and oxygen atoms in total. The van der Waals surface area contributed by atoms with Crippen LogP contribution in [0.3, 0.4) is 0 Å². The molecule has 0 aromatic heterocycles. The summed E-state index contributed by atoms with van der Waals surface area (Å²) in [4.78, 5) is 29.5. The number of carbonyl (C=O) groups is 2. The third kappa shape index (κ3) is 3.82. The standard InChI is InChI=1S/C18H28N2O3/c1-6-13(15(21)23-17(2,3)4)14-19-16(22)18(5,20-14)12-10-8-7-9-11-12/h6,12H,7-11H2,1-5H3,(H,19,20,22)/b13-6-. The number of nitrogens with zero attached hydrogens (tertiary/aromatic N) is 1. The van der Waals surface area contributed by atoms with Gasteiger partial charge in [0.15, 0.2) is 0 Å². The van der Waals surface area contributed by atoms with Crippen LogP contribution < -0.4 is 5.32 Å². The molecule has 2 aliphatic rings. The molecule has 5 heteroatoms. The second-order valence-corrected chi connectivity index (χ2v) is 7.60. The van der Waals surface area contributed by atoms with Crippen molar-refractivity contribution < 1.29 is 14.3 Å². The number of esters is 1. The van der Waals surface area contributed by atoms with Crippen LogP contribution in [-0.4, -0.2) is 28.9 Å². The number of amides is 1. The smallest absolute Gasteiger partial charge is 0.342 e. The van der Waals surface area contributed by atoms with Gasteiger partial charge in [-0.3, -0.25) is 9.79 Å². The van der Waals surface area contributed by atoms with Crippen molar-refractivity contribution in [3.05, 3.63) is 11.6 Å². The molecule has 2 rings (SSSR count). The summed E-state index contributed by atoms with van der Waals surface area (Å²) >= 11 is 0. The van der Waals surface area contributed by atoms with Gasteiger partial charge in [-0.05, 0) is 53.4 Å². The van der Waals surface area contributed by atoms with Crippen molar-refractivity contribution >= 4 is 17.7 Å². The Labute approximate surface area is 138 Å². The fourth-order valence-electron chi connectivity index (χ4n) is 3.30. The highest BCUT2D eigenvalue weighted by atomic mass is 16.6. The molecule has 1 aliphatic heterocycles. The first-order valence-electron chi connectivity index (χ1n) is 8.48. The lowest BCUT2D eigenvalue weighted by atomic mass is 9.76. The zero-order chi connectivity index (χ0) is 17.3. The van der Waals surface area contributed by atoms with Crippen molar-refractivity contribution in [3.63, 3.8) is 0 Å². The molecule has 1 unspecified atom stereocenters. The number of hydrogen-bond acceptors (Lipinski definition) is 4. The lowest BCUT2D eigenvalue weighted by Crippen LogP contribution is -2.44. The molecule has 1 heterocycles. The lowest BCUT2D eigenvalue weighted by Gasteiger charge is -2.32. The number of carbonyl (C=O) groups excluding carboxylic acids is 2. The van der Waals surface area contributed by atoms with Crippen molar-refractivity contribution in [2.45, 2.75) is 77.9 Å². The second kappa shape index (κ2) is 6.46. The number of ether oxygens (including phenoxy) is 1. The van der Waals surface area contributed by atoms with Crippen LogP contribution in [0.2, 0.25) is 0 Å². The molecule has 0 aromatic rings. The van der Waals surface area contributed by atoms with Crippen LogP contribution in [0.25, 0.3) is 0 Å². The molecule has 1 N–H and O–H groups in total. The lowest BCUT2D eigenvalue weighted by molar-refractivity contribution is -0.149. The van der Waals surface area contributed by atoms with Gasteiger partial charge in [0, 0.05) is 0 Å². The number of aliphatic imine (C=N–C) groups is 1. The van der Waals surface area contributed by atoms with Crippen LogP contribution in [0.15, 0.2) is 16.6 Å². The molecule has 0 radical (unpaired) electrons. The summed E-state index contributed by atoms with van der Waals surface area (Å²) in [6.45, 7) is 9.09. The molecule has 1 amide bonds. The van der Waals surface area contributed by atoms with E-state index in [4.69, 9.17) is 4.74 Å². The number of rotatable bonds is 3. The Balaban J connectivity index is 2.23. The van der Waals surface area contributed by atoms with Crippen LogP contribution in [0.1, 0.15) is 66.7 Å². The van der Waals surface area contributed by atoms with Crippen LogP contribution in [0.4, 0.5) is 0 Å². The van der Waals surface area contributed by atoms with Crippen LogP contribution >= 0.6 is 0 Å². The third-order valence-corrected chi connectivity index (χ3v) is 4.60. The summed E-state index contributed by atoms with van der Waals surface area (Å²) < 4.78 is 5.41. The quantitative estimate of drug-likeness (QED) is 0.641. The zero-order valence-corrected chi connectivity index (χ0v) is 14.9. The molecular weight excluding hydrogens is 292 g/mol. The summed E-state index contributed by atoms with van der Waals surface area (Å²) in [7, 11) is 0. The largest absolute Gasteiger partial charge is 0.456 e. The van der Waals surface area contributed by atoms with E-state index in [9.17, 15) is 9.59 Å². The van der Waals surface area contributed by atoms with Crippen LogP contribution in [0, 0.1) is 5.92 Å². The van der Waals surface area contributed by atoms with E-state index in [0.29, 0.717) is 11.4 Å². The second-order valence-electron chi connectivity index (χ2n) is 7.60. The van der Waals surface area contributed by atoms with Gasteiger partial charge in [-0.2, -0.15) is 0 Å². The van der Waals surface area contributed by atoms with Gasteiger partial charge in [-0.15, -0.1) is 0 Å². The van der Waals surface area contributed by atoms with E-state index in [1.165, 1.54) is 6.42 Å². The predicted octanol–water partition coefficient (Wildman–Crippen LogP) is 3.14. The van der Waals surface area contributed by atoms with Crippen molar-refractivity contribution in [1.82, 2.24) is 5.32 Å². The van der Waals surface area contributed by atoms with Gasteiger partial charge in [0.2, 0.25) is 0 Å². The molecule has 1 atom stereocenters. The SMILES string of the molecule is C/C=C(\C(=O)OC(C)(C)C)C1=NC(C)(C2CCCCC2)C(=O)N1. The molecular formula is C18H28N2O3. The topological polar surface area (TPSA) is 67.8 Å². The van der Waals surface area contributed by atoms with Crippen molar-refractivity contribution in [3.8, 4) is 0 Å². The molecule has 0 bridgehead atoms. The Morgan fingerprint density at radius 1 is 1.30 bits per heavy atom. The van der Waals surface area contributed by atoms with E-state index in [1.807, 2.05) is 27.7 Å². The van der Waals surface area contributed by atoms with Gasteiger partial charge < -0.3 is 10.1 Å². The normalized spacial score (nSPS) is 26.7. The first kappa shape index (κ1) is 17.7. The minimum Gasteiger partial charge on any atom is -0.456 e. The minimum absolute atomic E-state index is 0.109. The van der Waals surface area contributed by atoms with Gasteiger partial charge in [-0.25, -0.2) is 4.79 Å². The van der Waals surface area contributed by atoms with Gasteiger partial charge in [-0.1, -0.05) is 25.3 Å². The summed E-state index contributed by atoms with van der Waals surface area (Å²) in [5, 5.41) is 2.80. The molecule has 0 spiro atoms. The van der Waals surface area contributed by atoms with Gasteiger partial charge >= 0.3 is 5.97 Å². The van der Waals surface area contributed by atoms with E-state index in [1.54, 1.807) is 13.0 Å². The average molecular weight is 320 g/mol. The van der Waals surface area contributed by atoms with E-state index in [-0.39, 0.29) is 11.8 Å². The van der Waals surface area contributed by atoms with Crippen LogP contribution in [0.5, 0.6) is 0 Å². The van der Waals surface area contributed by atoms with E-state index >= 15 is 0 Å². The number of hydrogen-bond donors (Lipinski definition) is 1. The molecule has 1 saturated carbocycles. The highest BCUT2D eigenvalue weighted by Crippen LogP contribution is 2.37. The maximum absolute atomic E-state index is 12.5. The Hall–Kier alpha value is -1.65. The summed E-state index contributed by atoms with van der Waals surface area (Å²) in [6.07, 6.45) is 7.18. The van der Waals surface area contributed by atoms with Gasteiger partial charge in [0.1, 0.15) is 17.0 Å². The number of amidine groups is 1. The Morgan fingerprint density at radius 2 is 1.91 bits per heavy atom. The van der Waals surface area contributed by atoms with Crippen molar-refractivity contribution in [1.29, 1.82) is 0 Å². The fraction of sp³-hybridized carbons (Fsp3) is 0.722. The van der Waals surface area contributed by atoms with E-state index in [2.05, 4.69) is 10.3 Å². The average Bonchev–Trinajstić information content (AvgIpc) is 2.75. The Morgan fingerprint density at radius 3 is 2.43 bits per heavy atom. The van der Waals surface area contributed by atoms with Gasteiger partial charge in [0.25, 0.3) is 5.91 Å². The van der Waals surface area contributed by atoms with Crippen molar-refractivity contribution in [2.75, 3.05) is 0 Å². The number of allylic oxidation sites excluding steroid dienone is 1. The first-order valence-corrected chi connectivity index (χ1v) is 8.48. The molecule has 1 fully saturated rings. The summed E-state index contributed by atoms with van der Waals surface area (Å²) in [5.74, 6) is 0.0274. The van der Waals surface area contributed by atoms with Crippen molar-refractivity contribution in [2.24, 2.45) is 10.9 Å². The third-order valence-electron chi connectivity index (χ3n) is 4.60. The zero-order valence-electron chi connectivity index (χ0n) is 14.9. The summed E-state index contributed by atoms with van der Waals surface area (Å²) in [5.41, 5.74) is -1.03. The Kier molecular flexibility index (Phi) is 4.97. The number of nitrogens with one attached hydrogen (secondary N) is 1. The summed E-state index contributed by atoms with van der Waals surface area (Å²) in [6, 6.07) is 0.